The first kappa shape index (κ1) is 19.6. The fourth-order valence-corrected chi connectivity index (χ4v) is 3.53. The van der Waals surface area contributed by atoms with E-state index in [1.54, 1.807) is 29.2 Å². The molecule has 2 amide bonds. The summed E-state index contributed by atoms with van der Waals surface area (Å²) in [6, 6.07) is 14.8. The summed E-state index contributed by atoms with van der Waals surface area (Å²) in [6.45, 7) is 7.01. The Hall–Kier alpha value is -3.17. The van der Waals surface area contributed by atoms with Gasteiger partial charge in [-0.3, -0.25) is 9.59 Å². The van der Waals surface area contributed by atoms with Gasteiger partial charge in [0.05, 0.1) is 37.8 Å². The van der Waals surface area contributed by atoms with Crippen LogP contribution in [-0.2, 0) is 4.79 Å². The molecule has 1 saturated heterocycles. The maximum Gasteiger partial charge on any atom is 0.279 e. The molecule has 1 aliphatic heterocycles. The molecular weight excluding hydrogens is 352 g/mol. The van der Waals surface area contributed by atoms with Gasteiger partial charge in [0.2, 0.25) is 0 Å². The van der Waals surface area contributed by atoms with E-state index >= 15 is 0 Å². The lowest BCUT2D eigenvalue weighted by molar-refractivity contribution is -0.895. The Bertz CT molecular complexity index is 904. The summed E-state index contributed by atoms with van der Waals surface area (Å²) in [7, 11) is 0. The Morgan fingerprint density at radius 2 is 1.75 bits per heavy atom. The van der Waals surface area contributed by atoms with Gasteiger partial charge < -0.3 is 15.1 Å². The van der Waals surface area contributed by atoms with Crippen LogP contribution in [0.4, 0.5) is 5.69 Å². The van der Waals surface area contributed by atoms with Crippen molar-refractivity contribution in [3.05, 3.63) is 64.7 Å². The smallest absolute Gasteiger partial charge is 0.279 e. The molecular formula is C22H25N4O2+. The molecule has 2 aromatic carbocycles. The third-order valence-electron chi connectivity index (χ3n) is 5.15. The average Bonchev–Trinajstić information content (AvgIpc) is 2.71. The van der Waals surface area contributed by atoms with E-state index < -0.39 is 0 Å². The molecule has 6 heteroatoms. The van der Waals surface area contributed by atoms with Crippen molar-refractivity contribution in [1.82, 2.24) is 4.90 Å². The van der Waals surface area contributed by atoms with Gasteiger partial charge in [0, 0.05) is 11.3 Å². The predicted octanol–water partition coefficient (Wildman–Crippen LogP) is 1.15. The van der Waals surface area contributed by atoms with Gasteiger partial charge in [-0.15, -0.1) is 0 Å². The first-order chi connectivity index (χ1) is 13.5. The predicted molar refractivity (Wildman–Crippen MR) is 107 cm³/mol. The van der Waals surface area contributed by atoms with Gasteiger partial charge in [0.15, 0.2) is 6.54 Å². The number of amides is 2. The number of aryl methyl sites for hydroxylation is 2. The third-order valence-corrected chi connectivity index (χ3v) is 5.15. The highest BCUT2D eigenvalue weighted by Crippen LogP contribution is 2.18. The summed E-state index contributed by atoms with van der Waals surface area (Å²) in [5.74, 6) is -0.0648. The zero-order chi connectivity index (χ0) is 20.1. The van der Waals surface area contributed by atoms with E-state index in [0.717, 1.165) is 29.9 Å². The van der Waals surface area contributed by atoms with Crippen LogP contribution in [0.25, 0.3) is 0 Å². The molecule has 28 heavy (non-hydrogen) atoms. The number of piperazine rings is 1. The van der Waals surface area contributed by atoms with E-state index in [2.05, 4.69) is 11.4 Å². The van der Waals surface area contributed by atoms with E-state index in [4.69, 9.17) is 5.26 Å². The number of nitrogens with zero attached hydrogens (tertiary/aromatic N) is 2. The average molecular weight is 377 g/mol. The summed E-state index contributed by atoms with van der Waals surface area (Å²) >= 11 is 0. The molecule has 1 aliphatic rings. The van der Waals surface area contributed by atoms with Gasteiger partial charge in [-0.2, -0.15) is 5.26 Å². The minimum absolute atomic E-state index is 0.00565. The van der Waals surface area contributed by atoms with Gasteiger partial charge in [-0.05, 0) is 43.2 Å². The van der Waals surface area contributed by atoms with Crippen LogP contribution in [0.1, 0.15) is 27.0 Å². The zero-order valence-corrected chi connectivity index (χ0v) is 16.3. The Morgan fingerprint density at radius 1 is 1.11 bits per heavy atom. The molecule has 0 unspecified atom stereocenters. The number of carbonyl (C=O) groups is 2. The van der Waals surface area contributed by atoms with Gasteiger partial charge in [-0.25, -0.2) is 0 Å². The number of benzene rings is 2. The molecule has 3 rings (SSSR count). The number of carbonyl (C=O) groups excluding carboxylic acids is 2. The van der Waals surface area contributed by atoms with E-state index in [1.807, 2.05) is 32.0 Å². The summed E-state index contributed by atoms with van der Waals surface area (Å²) in [6.07, 6.45) is 0. The number of nitriles is 1. The molecule has 2 aromatic rings. The van der Waals surface area contributed by atoms with E-state index in [9.17, 15) is 9.59 Å². The van der Waals surface area contributed by atoms with Crippen LogP contribution in [0.3, 0.4) is 0 Å². The molecule has 0 radical (unpaired) electrons. The second-order valence-electron chi connectivity index (χ2n) is 7.23. The summed E-state index contributed by atoms with van der Waals surface area (Å²) in [5.41, 5.74) is 4.02. The molecule has 0 bridgehead atoms. The monoisotopic (exact) mass is 377 g/mol. The normalized spacial score (nSPS) is 14.4. The maximum absolute atomic E-state index is 12.6. The van der Waals surface area contributed by atoms with Gasteiger partial charge in [0.25, 0.3) is 11.8 Å². The fraction of sp³-hybridized carbons (Fsp3) is 0.318. The summed E-state index contributed by atoms with van der Waals surface area (Å²) in [5, 5.41) is 12.0. The lowest BCUT2D eigenvalue weighted by Crippen LogP contribution is -3.15. The van der Waals surface area contributed by atoms with Crippen molar-refractivity contribution in [2.24, 2.45) is 0 Å². The standard InChI is InChI=1S/C22H24N4O2/c1-16-5-3-6-17(2)21(16)24-20(27)15-25-9-11-26(12-10-25)22(28)19-8-4-7-18(13-19)14-23/h3-8,13H,9-12,15H2,1-2H3,(H,24,27)/p+1. The second-order valence-corrected chi connectivity index (χ2v) is 7.23. The molecule has 0 spiro atoms. The highest BCUT2D eigenvalue weighted by molar-refractivity contribution is 5.95. The summed E-state index contributed by atoms with van der Waals surface area (Å²) in [4.78, 5) is 28.1. The molecule has 0 saturated carbocycles. The van der Waals surface area contributed by atoms with E-state index in [1.165, 1.54) is 4.90 Å². The van der Waals surface area contributed by atoms with Crippen molar-refractivity contribution >= 4 is 17.5 Å². The van der Waals surface area contributed by atoms with Crippen molar-refractivity contribution < 1.29 is 14.5 Å². The number of hydrogen-bond donors (Lipinski definition) is 2. The molecule has 0 aromatic heterocycles. The van der Waals surface area contributed by atoms with Gasteiger partial charge in [-0.1, -0.05) is 24.3 Å². The Kier molecular flexibility index (Phi) is 6.07. The molecule has 1 heterocycles. The minimum Gasteiger partial charge on any atom is -0.327 e. The highest BCUT2D eigenvalue weighted by atomic mass is 16.2. The quantitative estimate of drug-likeness (QED) is 0.839. The van der Waals surface area contributed by atoms with Crippen LogP contribution in [-0.4, -0.2) is 49.4 Å². The molecule has 6 nitrogen and oxygen atoms in total. The van der Waals surface area contributed by atoms with Gasteiger partial charge in [0.1, 0.15) is 0 Å². The van der Waals surface area contributed by atoms with Crippen molar-refractivity contribution in [2.75, 3.05) is 38.0 Å². The molecule has 0 atom stereocenters. The number of hydrogen-bond acceptors (Lipinski definition) is 3. The largest absolute Gasteiger partial charge is 0.327 e. The first-order valence-electron chi connectivity index (χ1n) is 9.47. The third kappa shape index (κ3) is 4.56. The number of anilines is 1. The van der Waals surface area contributed by atoms with Crippen LogP contribution < -0.4 is 10.2 Å². The SMILES string of the molecule is Cc1cccc(C)c1NC(=O)C[NH+]1CCN(C(=O)c2cccc(C#N)c2)CC1. The van der Waals surface area contributed by atoms with Crippen LogP contribution in [0.15, 0.2) is 42.5 Å². The Balaban J connectivity index is 1.53. The molecule has 1 fully saturated rings. The van der Waals surface area contributed by atoms with Crippen molar-refractivity contribution in [3.8, 4) is 6.07 Å². The second kappa shape index (κ2) is 8.68. The lowest BCUT2D eigenvalue weighted by Gasteiger charge is -2.32. The number of para-hydroxylation sites is 1. The number of nitrogens with one attached hydrogen (secondary N) is 2. The van der Waals surface area contributed by atoms with Crippen LogP contribution in [0, 0.1) is 25.2 Å². The first-order valence-corrected chi connectivity index (χ1v) is 9.47. The van der Waals surface area contributed by atoms with E-state index in [0.29, 0.717) is 30.8 Å². The maximum atomic E-state index is 12.6. The van der Waals surface area contributed by atoms with Crippen molar-refractivity contribution in [2.45, 2.75) is 13.8 Å². The number of rotatable bonds is 4. The lowest BCUT2D eigenvalue weighted by atomic mass is 10.1. The van der Waals surface area contributed by atoms with E-state index in [-0.39, 0.29) is 11.8 Å². The zero-order valence-electron chi connectivity index (χ0n) is 16.3. The summed E-state index contributed by atoms with van der Waals surface area (Å²) < 4.78 is 0. The number of quaternary nitrogens is 1. The molecule has 144 valence electrons. The topological polar surface area (TPSA) is 77.6 Å². The molecule has 2 N–H and O–H groups in total. The van der Waals surface area contributed by atoms with Crippen LogP contribution >= 0.6 is 0 Å². The Labute approximate surface area is 165 Å². The van der Waals surface area contributed by atoms with Crippen molar-refractivity contribution in [3.63, 3.8) is 0 Å². The van der Waals surface area contributed by atoms with Gasteiger partial charge >= 0.3 is 0 Å². The molecule has 0 aliphatic carbocycles. The highest BCUT2D eigenvalue weighted by Gasteiger charge is 2.26. The fourth-order valence-electron chi connectivity index (χ4n) is 3.53. The van der Waals surface area contributed by atoms with Crippen molar-refractivity contribution in [1.29, 1.82) is 5.26 Å². The van der Waals surface area contributed by atoms with Crippen LogP contribution in [0.5, 0.6) is 0 Å². The minimum atomic E-state index is -0.0591. The van der Waals surface area contributed by atoms with Crippen LogP contribution in [0.2, 0.25) is 0 Å². The Morgan fingerprint density at radius 3 is 2.39 bits per heavy atom.